The van der Waals surface area contributed by atoms with Crippen molar-refractivity contribution in [1.82, 2.24) is 15.1 Å². The van der Waals surface area contributed by atoms with Crippen molar-refractivity contribution in [3.63, 3.8) is 0 Å². The van der Waals surface area contributed by atoms with E-state index in [-0.39, 0.29) is 5.91 Å². The highest BCUT2D eigenvalue weighted by atomic mass is 16.1. The van der Waals surface area contributed by atoms with Gasteiger partial charge in [0.05, 0.1) is 5.69 Å². The molecule has 0 fully saturated rings. The summed E-state index contributed by atoms with van der Waals surface area (Å²) < 4.78 is 2.00. The van der Waals surface area contributed by atoms with Gasteiger partial charge in [0.15, 0.2) is 0 Å². The summed E-state index contributed by atoms with van der Waals surface area (Å²) in [6.07, 6.45) is 4.58. The van der Waals surface area contributed by atoms with E-state index >= 15 is 0 Å². The van der Waals surface area contributed by atoms with E-state index in [0.29, 0.717) is 25.4 Å². The summed E-state index contributed by atoms with van der Waals surface area (Å²) in [5.41, 5.74) is 7.79. The quantitative estimate of drug-likeness (QED) is 0.649. The topological polar surface area (TPSA) is 72.9 Å². The minimum absolute atomic E-state index is 0.152. The second-order valence-electron chi connectivity index (χ2n) is 5.74. The summed E-state index contributed by atoms with van der Waals surface area (Å²) in [5.74, 6) is 0.731. The first kappa shape index (κ1) is 17.7. The lowest BCUT2D eigenvalue weighted by Crippen LogP contribution is -2.26. The molecule has 1 aromatic heterocycles. The lowest BCUT2D eigenvalue weighted by atomic mass is 9.96. The minimum atomic E-state index is 0.152. The average molecular weight is 294 g/mol. The molecule has 5 nitrogen and oxygen atoms in total. The minimum Gasteiger partial charge on any atom is -0.356 e. The van der Waals surface area contributed by atoms with Crippen LogP contribution in [0.2, 0.25) is 0 Å². The Morgan fingerprint density at radius 3 is 2.76 bits per heavy atom. The molecule has 0 aliphatic heterocycles. The lowest BCUT2D eigenvalue weighted by molar-refractivity contribution is -0.121. The van der Waals surface area contributed by atoms with Gasteiger partial charge in [-0.05, 0) is 51.6 Å². The van der Waals surface area contributed by atoms with Gasteiger partial charge in [0.2, 0.25) is 5.91 Å². The van der Waals surface area contributed by atoms with Gasteiger partial charge >= 0.3 is 0 Å². The van der Waals surface area contributed by atoms with Crippen LogP contribution in [0.15, 0.2) is 6.07 Å². The number of hydrogen-bond donors (Lipinski definition) is 2. The standard InChI is InChI=1S/C16H30N4O/c1-4-15(8-9-17)6-7-16(21)18-10-5-11-20-14(3)12-13(2)19-20/h12,15H,4-11,17H2,1-3H3,(H,18,21). The molecule has 1 aromatic rings. The van der Waals surface area contributed by atoms with Gasteiger partial charge in [-0.15, -0.1) is 0 Å². The van der Waals surface area contributed by atoms with Crippen molar-refractivity contribution < 1.29 is 4.79 Å². The van der Waals surface area contributed by atoms with E-state index in [2.05, 4.69) is 30.3 Å². The Bertz CT molecular complexity index is 428. The number of rotatable bonds is 10. The van der Waals surface area contributed by atoms with Crippen molar-refractivity contribution in [2.24, 2.45) is 11.7 Å². The molecule has 0 bridgehead atoms. The van der Waals surface area contributed by atoms with Crippen molar-refractivity contribution in [3.8, 4) is 0 Å². The van der Waals surface area contributed by atoms with E-state index in [1.165, 1.54) is 5.69 Å². The Hall–Kier alpha value is -1.36. The Labute approximate surface area is 128 Å². The predicted octanol–water partition coefficient (Wildman–Crippen LogP) is 2.16. The molecule has 1 amide bonds. The van der Waals surface area contributed by atoms with Crippen LogP contribution in [0.3, 0.4) is 0 Å². The smallest absolute Gasteiger partial charge is 0.220 e. The zero-order valence-corrected chi connectivity index (χ0v) is 13.7. The predicted molar refractivity (Wildman–Crippen MR) is 86.0 cm³/mol. The van der Waals surface area contributed by atoms with Gasteiger partial charge < -0.3 is 11.1 Å². The van der Waals surface area contributed by atoms with Crippen molar-refractivity contribution >= 4 is 5.91 Å². The van der Waals surface area contributed by atoms with Crippen molar-refractivity contribution in [2.75, 3.05) is 13.1 Å². The highest BCUT2D eigenvalue weighted by Gasteiger charge is 2.08. The Morgan fingerprint density at radius 1 is 1.43 bits per heavy atom. The number of carbonyl (C=O) groups excluding carboxylic acids is 1. The molecule has 0 radical (unpaired) electrons. The van der Waals surface area contributed by atoms with Crippen LogP contribution in [0.25, 0.3) is 0 Å². The highest BCUT2D eigenvalue weighted by molar-refractivity contribution is 5.75. The molecule has 0 saturated heterocycles. The third kappa shape index (κ3) is 6.76. The van der Waals surface area contributed by atoms with E-state index in [1.54, 1.807) is 0 Å². The Balaban J connectivity index is 2.14. The van der Waals surface area contributed by atoms with Gasteiger partial charge in [-0.25, -0.2) is 0 Å². The number of nitrogens with two attached hydrogens (primary N) is 1. The molecule has 1 unspecified atom stereocenters. The largest absolute Gasteiger partial charge is 0.356 e. The van der Waals surface area contributed by atoms with Crippen LogP contribution in [-0.2, 0) is 11.3 Å². The molecule has 1 rings (SSSR count). The molecule has 0 spiro atoms. The summed E-state index contributed by atoms with van der Waals surface area (Å²) in [4.78, 5) is 11.8. The van der Waals surface area contributed by atoms with Crippen molar-refractivity contribution in [3.05, 3.63) is 17.5 Å². The van der Waals surface area contributed by atoms with Crippen molar-refractivity contribution in [1.29, 1.82) is 0 Å². The van der Waals surface area contributed by atoms with Crippen molar-refractivity contribution in [2.45, 2.75) is 59.4 Å². The van der Waals surface area contributed by atoms with E-state index < -0.39 is 0 Å². The molecule has 0 aromatic carbocycles. The van der Waals surface area contributed by atoms with Gasteiger partial charge in [-0.2, -0.15) is 5.10 Å². The summed E-state index contributed by atoms with van der Waals surface area (Å²) >= 11 is 0. The average Bonchev–Trinajstić information content (AvgIpc) is 2.77. The van der Waals surface area contributed by atoms with Crippen LogP contribution < -0.4 is 11.1 Å². The normalized spacial score (nSPS) is 12.4. The van der Waals surface area contributed by atoms with Crippen LogP contribution in [0.4, 0.5) is 0 Å². The van der Waals surface area contributed by atoms with Gasteiger partial charge in [0.25, 0.3) is 0 Å². The fraction of sp³-hybridized carbons (Fsp3) is 0.750. The van der Waals surface area contributed by atoms with E-state index in [1.807, 2.05) is 11.6 Å². The maximum Gasteiger partial charge on any atom is 0.220 e. The van der Waals surface area contributed by atoms with E-state index in [4.69, 9.17) is 5.73 Å². The molecular formula is C16H30N4O. The number of hydrogen-bond acceptors (Lipinski definition) is 3. The number of aryl methyl sites for hydroxylation is 3. The zero-order chi connectivity index (χ0) is 15.7. The molecule has 0 aliphatic carbocycles. The second-order valence-corrected chi connectivity index (χ2v) is 5.74. The van der Waals surface area contributed by atoms with Gasteiger partial charge in [0, 0.05) is 25.2 Å². The van der Waals surface area contributed by atoms with Crippen LogP contribution in [0, 0.1) is 19.8 Å². The third-order valence-corrected chi connectivity index (χ3v) is 3.90. The molecule has 21 heavy (non-hydrogen) atoms. The zero-order valence-electron chi connectivity index (χ0n) is 13.7. The fourth-order valence-electron chi connectivity index (χ4n) is 2.57. The molecule has 120 valence electrons. The monoisotopic (exact) mass is 294 g/mol. The van der Waals surface area contributed by atoms with Crippen LogP contribution in [0.5, 0.6) is 0 Å². The van der Waals surface area contributed by atoms with E-state index in [9.17, 15) is 4.79 Å². The lowest BCUT2D eigenvalue weighted by Gasteiger charge is -2.13. The molecule has 1 heterocycles. The SMILES string of the molecule is CCC(CCN)CCC(=O)NCCCn1nc(C)cc1C. The fourth-order valence-corrected chi connectivity index (χ4v) is 2.57. The summed E-state index contributed by atoms with van der Waals surface area (Å²) in [7, 11) is 0. The Morgan fingerprint density at radius 2 is 2.19 bits per heavy atom. The summed E-state index contributed by atoms with van der Waals surface area (Å²) in [6, 6.07) is 2.07. The first-order valence-corrected chi connectivity index (χ1v) is 8.04. The molecule has 5 heteroatoms. The van der Waals surface area contributed by atoms with Gasteiger partial charge in [-0.1, -0.05) is 13.3 Å². The number of nitrogens with zero attached hydrogens (tertiary/aromatic N) is 2. The number of aromatic nitrogens is 2. The summed E-state index contributed by atoms with van der Waals surface area (Å²) in [6.45, 7) is 8.49. The Kier molecular flexibility index (Phi) is 8.05. The number of amides is 1. The molecule has 0 saturated carbocycles. The molecular weight excluding hydrogens is 264 g/mol. The first-order valence-electron chi connectivity index (χ1n) is 8.04. The maximum atomic E-state index is 11.8. The number of nitrogens with one attached hydrogen (secondary N) is 1. The van der Waals surface area contributed by atoms with Crippen LogP contribution >= 0.6 is 0 Å². The molecule has 0 aliphatic rings. The first-order chi connectivity index (χ1) is 10.1. The van der Waals surface area contributed by atoms with Gasteiger partial charge in [-0.3, -0.25) is 9.48 Å². The third-order valence-electron chi connectivity index (χ3n) is 3.90. The maximum absolute atomic E-state index is 11.8. The highest BCUT2D eigenvalue weighted by Crippen LogP contribution is 2.14. The summed E-state index contributed by atoms with van der Waals surface area (Å²) in [5, 5.41) is 7.40. The van der Waals surface area contributed by atoms with Crippen LogP contribution in [0.1, 0.15) is 50.4 Å². The van der Waals surface area contributed by atoms with Crippen LogP contribution in [-0.4, -0.2) is 28.8 Å². The molecule has 3 N–H and O–H groups in total. The second kappa shape index (κ2) is 9.55. The molecule has 1 atom stereocenters. The number of carbonyl (C=O) groups is 1. The van der Waals surface area contributed by atoms with Gasteiger partial charge in [0.1, 0.15) is 0 Å². The van der Waals surface area contributed by atoms with E-state index in [0.717, 1.165) is 37.9 Å².